The summed E-state index contributed by atoms with van der Waals surface area (Å²) in [4.78, 5) is 6.89. The van der Waals surface area contributed by atoms with Crippen LogP contribution in [0.15, 0.2) is 158 Å². The molecule has 6 aromatic carbocycles. The predicted octanol–water partition coefficient (Wildman–Crippen LogP) is 11.4. The van der Waals surface area contributed by atoms with Gasteiger partial charge < -0.3 is 4.90 Å². The molecule has 45 heavy (non-hydrogen) atoms. The first-order chi connectivity index (χ1) is 22.4. The molecule has 0 unspecified atom stereocenters. The van der Waals surface area contributed by atoms with E-state index in [9.17, 15) is 0 Å². The Hall–Kier alpha value is -5.73. The summed E-state index contributed by atoms with van der Waals surface area (Å²) in [5.74, 6) is 0. The van der Waals surface area contributed by atoms with Crippen LogP contribution in [-0.2, 0) is 6.42 Å². The molecule has 2 aliphatic carbocycles. The lowest BCUT2D eigenvalue weighted by Gasteiger charge is -2.30. The SMILES string of the molecule is C1=C2c3c(ccc(N(c4ccccc4)c4cccnc4)c3CC1)-c1c2c(-c2ccccc2)c2ccccc2c1-c1ccccc1. The van der Waals surface area contributed by atoms with Crippen LogP contribution in [-0.4, -0.2) is 4.98 Å². The standard InChI is InChI=1S/C43H30N2/c1-4-14-29(15-5-1)39-33-21-10-11-22-34(33)40(30-16-6-2-7-17-30)43-37-25-26-38(35-23-12-24-36(41(35)37)42(39)43)45(31-18-8-3-9-19-31)32-20-13-27-44-28-32/h1-11,13-22,24-28H,12,23H2. The van der Waals surface area contributed by atoms with Crippen LogP contribution in [0.1, 0.15) is 23.1 Å². The normalized spacial score (nSPS) is 12.8. The lowest BCUT2D eigenvalue weighted by Crippen LogP contribution is -2.14. The summed E-state index contributed by atoms with van der Waals surface area (Å²) in [6.07, 6.45) is 8.29. The number of aromatic nitrogens is 1. The van der Waals surface area contributed by atoms with Gasteiger partial charge in [-0.05, 0) is 110 Å². The van der Waals surface area contributed by atoms with Gasteiger partial charge in [-0.3, -0.25) is 4.98 Å². The third-order valence-electron chi connectivity index (χ3n) is 9.34. The van der Waals surface area contributed by atoms with Gasteiger partial charge in [-0.15, -0.1) is 0 Å². The van der Waals surface area contributed by atoms with Gasteiger partial charge in [-0.25, -0.2) is 0 Å². The molecule has 1 heterocycles. The maximum atomic E-state index is 4.51. The number of rotatable bonds is 5. The number of hydrogen-bond donors (Lipinski definition) is 0. The molecular weight excluding hydrogens is 544 g/mol. The molecule has 2 heteroatoms. The second kappa shape index (κ2) is 10.5. The van der Waals surface area contributed by atoms with Crippen molar-refractivity contribution in [2.45, 2.75) is 12.8 Å². The van der Waals surface area contributed by atoms with Crippen molar-refractivity contribution in [2.24, 2.45) is 0 Å². The molecular formula is C43H30N2. The average molecular weight is 575 g/mol. The van der Waals surface area contributed by atoms with Gasteiger partial charge in [0.1, 0.15) is 0 Å². The quantitative estimate of drug-likeness (QED) is 0.203. The fourth-order valence-electron chi connectivity index (χ4n) is 7.58. The minimum Gasteiger partial charge on any atom is -0.309 e. The number of anilines is 3. The zero-order valence-corrected chi connectivity index (χ0v) is 24.8. The second-order valence-electron chi connectivity index (χ2n) is 11.8. The van der Waals surface area contributed by atoms with E-state index in [1.54, 1.807) is 0 Å². The zero-order valence-electron chi connectivity index (χ0n) is 24.8. The van der Waals surface area contributed by atoms with Crippen molar-refractivity contribution in [1.29, 1.82) is 0 Å². The number of fused-ring (bicyclic) bond motifs is 4. The van der Waals surface area contributed by atoms with Crippen molar-refractivity contribution in [2.75, 3.05) is 4.90 Å². The van der Waals surface area contributed by atoms with Crippen LogP contribution < -0.4 is 4.90 Å². The number of benzene rings is 6. The number of para-hydroxylation sites is 1. The number of nitrogens with zero attached hydrogens (tertiary/aromatic N) is 2. The molecule has 0 atom stereocenters. The Morgan fingerprint density at radius 1 is 0.489 bits per heavy atom. The summed E-state index contributed by atoms with van der Waals surface area (Å²) in [7, 11) is 0. The fourth-order valence-corrected chi connectivity index (χ4v) is 7.58. The zero-order chi connectivity index (χ0) is 29.7. The van der Waals surface area contributed by atoms with E-state index in [-0.39, 0.29) is 0 Å². The van der Waals surface area contributed by atoms with Crippen molar-refractivity contribution < 1.29 is 0 Å². The van der Waals surface area contributed by atoms with Crippen LogP contribution in [0.25, 0.3) is 49.7 Å². The predicted molar refractivity (Wildman–Crippen MR) is 188 cm³/mol. The van der Waals surface area contributed by atoms with Crippen molar-refractivity contribution in [3.05, 3.63) is 175 Å². The van der Waals surface area contributed by atoms with E-state index in [0.717, 1.165) is 24.2 Å². The summed E-state index contributed by atoms with van der Waals surface area (Å²) >= 11 is 0. The fraction of sp³-hybridized carbons (Fsp3) is 0.0465. The molecule has 212 valence electrons. The molecule has 0 aliphatic heterocycles. The van der Waals surface area contributed by atoms with Gasteiger partial charge in [0, 0.05) is 11.9 Å². The van der Waals surface area contributed by atoms with Crippen LogP contribution in [0.5, 0.6) is 0 Å². The van der Waals surface area contributed by atoms with Gasteiger partial charge in [0.05, 0.1) is 17.6 Å². The molecule has 0 saturated heterocycles. The second-order valence-corrected chi connectivity index (χ2v) is 11.8. The highest BCUT2D eigenvalue weighted by molar-refractivity contribution is 6.22. The third kappa shape index (κ3) is 3.99. The van der Waals surface area contributed by atoms with E-state index in [2.05, 4.69) is 149 Å². The molecule has 0 fully saturated rings. The first-order valence-corrected chi connectivity index (χ1v) is 15.7. The molecule has 2 nitrogen and oxygen atoms in total. The summed E-state index contributed by atoms with van der Waals surface area (Å²) in [5.41, 5.74) is 16.7. The first kappa shape index (κ1) is 25.7. The summed E-state index contributed by atoms with van der Waals surface area (Å²) in [6, 6.07) is 50.5. The Bertz CT molecular complexity index is 2200. The molecule has 7 aromatic rings. The maximum Gasteiger partial charge on any atom is 0.0645 e. The van der Waals surface area contributed by atoms with Crippen molar-refractivity contribution in [1.82, 2.24) is 4.98 Å². The lowest BCUT2D eigenvalue weighted by atomic mass is 9.82. The molecule has 0 radical (unpaired) electrons. The topological polar surface area (TPSA) is 16.1 Å². The molecule has 0 bridgehead atoms. The molecule has 2 aliphatic rings. The smallest absolute Gasteiger partial charge is 0.0645 e. The largest absolute Gasteiger partial charge is 0.309 e. The Balaban J connectivity index is 1.39. The van der Waals surface area contributed by atoms with Crippen molar-refractivity contribution in [3.63, 3.8) is 0 Å². The monoisotopic (exact) mass is 574 g/mol. The van der Waals surface area contributed by atoms with E-state index in [1.165, 1.54) is 72.1 Å². The summed E-state index contributed by atoms with van der Waals surface area (Å²) in [6.45, 7) is 0. The maximum absolute atomic E-state index is 4.51. The highest BCUT2D eigenvalue weighted by Gasteiger charge is 2.36. The summed E-state index contributed by atoms with van der Waals surface area (Å²) in [5, 5.41) is 2.59. The minimum absolute atomic E-state index is 0.987. The third-order valence-corrected chi connectivity index (χ3v) is 9.34. The summed E-state index contributed by atoms with van der Waals surface area (Å²) < 4.78 is 0. The van der Waals surface area contributed by atoms with E-state index < -0.39 is 0 Å². The first-order valence-electron chi connectivity index (χ1n) is 15.7. The lowest BCUT2D eigenvalue weighted by molar-refractivity contribution is 0.975. The van der Waals surface area contributed by atoms with Crippen LogP contribution in [0.4, 0.5) is 17.1 Å². The minimum atomic E-state index is 0.987. The Morgan fingerprint density at radius 3 is 1.73 bits per heavy atom. The van der Waals surface area contributed by atoms with E-state index in [1.807, 2.05) is 18.5 Å². The molecule has 0 N–H and O–H groups in total. The van der Waals surface area contributed by atoms with Gasteiger partial charge in [-0.2, -0.15) is 0 Å². The Morgan fingerprint density at radius 2 is 1.09 bits per heavy atom. The van der Waals surface area contributed by atoms with Crippen molar-refractivity contribution in [3.8, 4) is 33.4 Å². The van der Waals surface area contributed by atoms with Gasteiger partial charge in [0.25, 0.3) is 0 Å². The molecule has 1 aromatic heterocycles. The Kier molecular flexibility index (Phi) is 5.99. The van der Waals surface area contributed by atoms with Crippen LogP contribution >= 0.6 is 0 Å². The van der Waals surface area contributed by atoms with Gasteiger partial charge >= 0.3 is 0 Å². The molecule has 0 saturated carbocycles. The number of pyridine rings is 1. The Labute approximate surface area is 263 Å². The highest BCUT2D eigenvalue weighted by atomic mass is 15.1. The molecule has 0 amide bonds. The molecule has 9 rings (SSSR count). The highest BCUT2D eigenvalue weighted by Crippen LogP contribution is 2.59. The van der Waals surface area contributed by atoms with Crippen LogP contribution in [0.3, 0.4) is 0 Å². The van der Waals surface area contributed by atoms with Gasteiger partial charge in [0.2, 0.25) is 0 Å². The molecule has 0 spiro atoms. The van der Waals surface area contributed by atoms with Gasteiger partial charge in [-0.1, -0.05) is 115 Å². The number of allylic oxidation sites excluding steroid dienone is 1. The van der Waals surface area contributed by atoms with E-state index in [4.69, 9.17) is 0 Å². The van der Waals surface area contributed by atoms with E-state index in [0.29, 0.717) is 0 Å². The van der Waals surface area contributed by atoms with Crippen LogP contribution in [0.2, 0.25) is 0 Å². The van der Waals surface area contributed by atoms with Gasteiger partial charge in [0.15, 0.2) is 0 Å². The van der Waals surface area contributed by atoms with Crippen molar-refractivity contribution >= 4 is 33.4 Å². The average Bonchev–Trinajstić information content (AvgIpc) is 3.45. The number of hydrogen-bond acceptors (Lipinski definition) is 2. The van der Waals surface area contributed by atoms with E-state index >= 15 is 0 Å². The van der Waals surface area contributed by atoms with Crippen LogP contribution in [0, 0.1) is 0 Å².